The SMILES string of the molecule is CN=C(NCc1ncc(C(C)(C)C)o1)NCC1CCCN1CCOC. The minimum Gasteiger partial charge on any atom is -0.443 e. The standard InChI is InChI=1S/C18H33N5O2/c1-18(2,3)15-12-20-16(25-15)13-22-17(19-4)21-11-14-7-6-8-23(14)9-10-24-5/h12,14H,6-11,13H2,1-5H3,(H2,19,21,22). The van der Waals surface area contributed by atoms with Crippen LogP contribution in [0.15, 0.2) is 15.6 Å². The summed E-state index contributed by atoms with van der Waals surface area (Å²) in [6.07, 6.45) is 4.26. The van der Waals surface area contributed by atoms with Gasteiger partial charge in [-0.3, -0.25) is 9.89 Å². The quantitative estimate of drug-likeness (QED) is 0.576. The Morgan fingerprint density at radius 1 is 1.44 bits per heavy atom. The van der Waals surface area contributed by atoms with Crippen LogP contribution in [0.2, 0.25) is 0 Å². The Bertz CT molecular complexity index is 550. The molecule has 7 nitrogen and oxygen atoms in total. The lowest BCUT2D eigenvalue weighted by molar-refractivity contribution is 0.141. The van der Waals surface area contributed by atoms with E-state index in [2.05, 4.69) is 46.3 Å². The fourth-order valence-electron chi connectivity index (χ4n) is 2.96. The lowest BCUT2D eigenvalue weighted by atomic mass is 9.94. The molecule has 25 heavy (non-hydrogen) atoms. The summed E-state index contributed by atoms with van der Waals surface area (Å²) in [5.41, 5.74) is -0.0285. The van der Waals surface area contributed by atoms with Gasteiger partial charge in [0.25, 0.3) is 0 Å². The number of hydrogen-bond acceptors (Lipinski definition) is 5. The highest BCUT2D eigenvalue weighted by Crippen LogP contribution is 2.22. The van der Waals surface area contributed by atoms with E-state index >= 15 is 0 Å². The topological polar surface area (TPSA) is 74.9 Å². The molecule has 0 radical (unpaired) electrons. The number of rotatable bonds is 7. The zero-order valence-electron chi connectivity index (χ0n) is 16.3. The molecule has 1 atom stereocenters. The fraction of sp³-hybridized carbons (Fsp3) is 0.778. The van der Waals surface area contributed by atoms with Crippen LogP contribution in [0.3, 0.4) is 0 Å². The van der Waals surface area contributed by atoms with Crippen LogP contribution in [0.1, 0.15) is 45.3 Å². The largest absolute Gasteiger partial charge is 0.443 e. The van der Waals surface area contributed by atoms with E-state index in [0.717, 1.165) is 38.0 Å². The highest BCUT2D eigenvalue weighted by molar-refractivity contribution is 5.79. The number of likely N-dealkylation sites (tertiary alicyclic amines) is 1. The zero-order valence-corrected chi connectivity index (χ0v) is 16.3. The third-order valence-electron chi connectivity index (χ3n) is 4.51. The van der Waals surface area contributed by atoms with Crippen LogP contribution in [0.25, 0.3) is 0 Å². The number of methoxy groups -OCH3 is 1. The van der Waals surface area contributed by atoms with E-state index in [1.54, 1.807) is 20.4 Å². The number of aliphatic imine (C=N–C) groups is 1. The molecule has 7 heteroatoms. The third kappa shape index (κ3) is 6.01. The van der Waals surface area contributed by atoms with Gasteiger partial charge in [-0.1, -0.05) is 20.8 Å². The van der Waals surface area contributed by atoms with Gasteiger partial charge >= 0.3 is 0 Å². The molecule has 1 unspecified atom stereocenters. The molecule has 2 heterocycles. The first-order chi connectivity index (χ1) is 11.9. The molecular formula is C18H33N5O2. The van der Waals surface area contributed by atoms with Gasteiger partial charge in [-0.2, -0.15) is 0 Å². The van der Waals surface area contributed by atoms with Crippen molar-refractivity contribution in [2.24, 2.45) is 4.99 Å². The first-order valence-electron chi connectivity index (χ1n) is 9.06. The Labute approximate surface area is 151 Å². The molecule has 2 N–H and O–H groups in total. The predicted octanol–water partition coefficient (Wildman–Crippen LogP) is 1.75. The van der Waals surface area contributed by atoms with Crippen LogP contribution in [-0.4, -0.2) is 62.3 Å². The summed E-state index contributed by atoms with van der Waals surface area (Å²) in [6, 6.07) is 0.530. The fourth-order valence-corrected chi connectivity index (χ4v) is 2.96. The van der Waals surface area contributed by atoms with Crippen LogP contribution >= 0.6 is 0 Å². The van der Waals surface area contributed by atoms with Crippen LogP contribution in [0.5, 0.6) is 0 Å². The van der Waals surface area contributed by atoms with E-state index in [1.165, 1.54) is 12.8 Å². The molecule has 142 valence electrons. The second kappa shape index (κ2) is 9.20. The number of aromatic nitrogens is 1. The Hall–Kier alpha value is -1.60. The lowest BCUT2D eigenvalue weighted by Crippen LogP contribution is -2.45. The minimum atomic E-state index is -0.0285. The van der Waals surface area contributed by atoms with Crippen molar-refractivity contribution >= 4 is 5.96 Å². The minimum absolute atomic E-state index is 0.0285. The van der Waals surface area contributed by atoms with E-state index in [0.29, 0.717) is 18.5 Å². The maximum Gasteiger partial charge on any atom is 0.213 e. The summed E-state index contributed by atoms with van der Waals surface area (Å²) in [5, 5.41) is 6.68. The van der Waals surface area contributed by atoms with Crippen molar-refractivity contribution < 1.29 is 9.15 Å². The second-order valence-electron chi connectivity index (χ2n) is 7.50. The number of guanidine groups is 1. The average Bonchev–Trinajstić information content (AvgIpc) is 3.21. The smallest absolute Gasteiger partial charge is 0.213 e. The molecule has 1 aliphatic heterocycles. The van der Waals surface area contributed by atoms with Crippen molar-refractivity contribution in [3.63, 3.8) is 0 Å². The molecule has 0 aromatic carbocycles. The Morgan fingerprint density at radius 2 is 2.24 bits per heavy atom. The molecule has 1 aromatic rings. The Balaban J connectivity index is 1.78. The van der Waals surface area contributed by atoms with Gasteiger partial charge < -0.3 is 19.8 Å². The van der Waals surface area contributed by atoms with Crippen LogP contribution in [0.4, 0.5) is 0 Å². The van der Waals surface area contributed by atoms with Crippen molar-refractivity contribution in [1.82, 2.24) is 20.5 Å². The second-order valence-corrected chi connectivity index (χ2v) is 7.50. The van der Waals surface area contributed by atoms with E-state index in [9.17, 15) is 0 Å². The van der Waals surface area contributed by atoms with E-state index in [-0.39, 0.29) is 5.41 Å². The summed E-state index contributed by atoms with van der Waals surface area (Å²) in [4.78, 5) is 11.1. The van der Waals surface area contributed by atoms with Gasteiger partial charge in [0.15, 0.2) is 5.96 Å². The van der Waals surface area contributed by atoms with Gasteiger partial charge in [-0.15, -0.1) is 0 Å². The monoisotopic (exact) mass is 351 g/mol. The average molecular weight is 351 g/mol. The van der Waals surface area contributed by atoms with E-state index in [1.807, 2.05) is 0 Å². The molecule has 0 saturated carbocycles. The maximum absolute atomic E-state index is 5.80. The molecule has 1 fully saturated rings. The molecular weight excluding hydrogens is 318 g/mol. The number of hydrogen-bond donors (Lipinski definition) is 2. The van der Waals surface area contributed by atoms with Crippen molar-refractivity contribution in [1.29, 1.82) is 0 Å². The highest BCUT2D eigenvalue weighted by atomic mass is 16.5. The highest BCUT2D eigenvalue weighted by Gasteiger charge is 2.24. The molecule has 2 rings (SSSR count). The first kappa shape index (κ1) is 19.7. The third-order valence-corrected chi connectivity index (χ3v) is 4.51. The van der Waals surface area contributed by atoms with Gasteiger partial charge in [0, 0.05) is 38.7 Å². The van der Waals surface area contributed by atoms with Gasteiger partial charge in [0.05, 0.1) is 19.3 Å². The van der Waals surface area contributed by atoms with Crippen LogP contribution in [0, 0.1) is 0 Å². The molecule has 0 amide bonds. The van der Waals surface area contributed by atoms with E-state index in [4.69, 9.17) is 9.15 Å². The lowest BCUT2D eigenvalue weighted by Gasteiger charge is -2.25. The van der Waals surface area contributed by atoms with Gasteiger partial charge in [-0.25, -0.2) is 4.98 Å². The Morgan fingerprint density at radius 3 is 2.88 bits per heavy atom. The molecule has 0 bridgehead atoms. The summed E-state index contributed by atoms with van der Waals surface area (Å²) in [6.45, 7) is 10.7. The van der Waals surface area contributed by atoms with Crippen molar-refractivity contribution in [3.05, 3.63) is 17.8 Å². The molecule has 0 spiro atoms. The number of nitrogens with one attached hydrogen (secondary N) is 2. The molecule has 0 aliphatic carbocycles. The number of nitrogens with zero attached hydrogens (tertiary/aromatic N) is 3. The van der Waals surface area contributed by atoms with Gasteiger partial charge in [0.2, 0.25) is 5.89 Å². The van der Waals surface area contributed by atoms with Crippen LogP contribution < -0.4 is 10.6 Å². The Kier molecular flexibility index (Phi) is 7.25. The maximum atomic E-state index is 5.80. The molecule has 1 aromatic heterocycles. The number of oxazole rings is 1. The van der Waals surface area contributed by atoms with Gasteiger partial charge in [-0.05, 0) is 19.4 Å². The first-order valence-corrected chi connectivity index (χ1v) is 9.06. The van der Waals surface area contributed by atoms with Crippen molar-refractivity contribution in [2.45, 2.75) is 51.6 Å². The predicted molar refractivity (Wildman–Crippen MR) is 99.9 cm³/mol. The van der Waals surface area contributed by atoms with E-state index < -0.39 is 0 Å². The van der Waals surface area contributed by atoms with Crippen molar-refractivity contribution in [3.8, 4) is 0 Å². The molecule has 1 saturated heterocycles. The zero-order chi connectivity index (χ0) is 18.3. The van der Waals surface area contributed by atoms with Crippen LogP contribution in [-0.2, 0) is 16.7 Å². The summed E-state index contributed by atoms with van der Waals surface area (Å²) >= 11 is 0. The summed E-state index contributed by atoms with van der Waals surface area (Å²) in [7, 11) is 3.53. The van der Waals surface area contributed by atoms with Crippen molar-refractivity contribution in [2.75, 3.05) is 40.4 Å². The normalized spacial score (nSPS) is 19.4. The summed E-state index contributed by atoms with van der Waals surface area (Å²) < 4.78 is 11.0. The number of ether oxygens (including phenoxy) is 1. The molecule has 1 aliphatic rings. The summed E-state index contributed by atoms with van der Waals surface area (Å²) in [5.74, 6) is 2.34. The van der Waals surface area contributed by atoms with Gasteiger partial charge in [0.1, 0.15) is 5.76 Å².